The van der Waals surface area contributed by atoms with E-state index in [4.69, 9.17) is 4.79 Å². The molecule has 0 atom stereocenters. The molecule has 1 aromatic carbocycles. The molecule has 0 aliphatic heterocycles. The Hall–Kier alpha value is 0.284. The molecule has 0 aliphatic carbocycles. The molecule has 0 spiro atoms. The molecule has 1 nitrogen and oxygen atoms in total. The van der Waals surface area contributed by atoms with Crippen molar-refractivity contribution in [1.29, 1.82) is 0 Å². The summed E-state index contributed by atoms with van der Waals surface area (Å²) in [5.74, 6) is 0.972. The summed E-state index contributed by atoms with van der Waals surface area (Å²) >= 11 is 4.19. The zero-order valence-corrected chi connectivity index (χ0v) is 9.77. The fourth-order valence-corrected chi connectivity index (χ4v) is 0.483. The second-order valence-corrected chi connectivity index (χ2v) is 1.78. The Morgan fingerprint density at radius 3 is 2.27 bits per heavy atom. The number of benzene rings is 1. The quantitative estimate of drug-likeness (QED) is 0.504. The third kappa shape index (κ3) is 10.3. The average Bonchev–Trinajstić information content (AvgIpc) is 1.91. The van der Waals surface area contributed by atoms with Gasteiger partial charge >= 0.3 is 0 Å². The van der Waals surface area contributed by atoms with E-state index in [1.807, 2.05) is 31.2 Å². The molecule has 0 saturated heterocycles. The predicted molar refractivity (Wildman–Crippen MR) is 41.6 cm³/mol. The van der Waals surface area contributed by atoms with Crippen LogP contribution in [-0.2, 0) is 37.5 Å². The molecule has 0 fully saturated rings. The topological polar surface area (TPSA) is 17.1 Å². The van der Waals surface area contributed by atoms with Gasteiger partial charge in [0.2, 0.25) is 0 Å². The van der Waals surface area contributed by atoms with Gasteiger partial charge in [-0.25, -0.2) is 0 Å². The van der Waals surface area contributed by atoms with Crippen LogP contribution in [0.5, 0.6) is 0 Å². The molecule has 0 saturated carbocycles. The Kier molecular flexibility index (Phi) is 12.9. The van der Waals surface area contributed by atoms with E-state index in [9.17, 15) is 0 Å². The monoisotopic (exact) mass is 243 g/mol. The first-order valence-corrected chi connectivity index (χ1v) is 3.10. The molecular formula is C8H7ClOY-2. The van der Waals surface area contributed by atoms with Crippen molar-refractivity contribution in [2.45, 2.75) is 6.92 Å². The normalized spacial score (nSPS) is 6.73. The van der Waals surface area contributed by atoms with Crippen molar-refractivity contribution in [2.24, 2.45) is 0 Å². The number of aryl methyl sites for hydroxylation is 1. The van der Waals surface area contributed by atoms with Gasteiger partial charge in [-0.1, -0.05) is 6.92 Å². The minimum Gasteiger partial charge on any atom is -0.525 e. The maximum atomic E-state index is 8.45. The molecule has 0 bridgehead atoms. The van der Waals surface area contributed by atoms with Crippen LogP contribution in [0.25, 0.3) is 0 Å². The largest absolute Gasteiger partial charge is 0.525 e. The Morgan fingerprint density at radius 1 is 1.55 bits per heavy atom. The first kappa shape index (κ1) is 13.8. The van der Waals surface area contributed by atoms with Gasteiger partial charge in [0, 0.05) is 32.7 Å². The summed E-state index contributed by atoms with van der Waals surface area (Å²) in [6.07, 6.45) is 0. The molecule has 3 heteroatoms. The number of hydrogen-bond donors (Lipinski definition) is 0. The summed E-state index contributed by atoms with van der Waals surface area (Å²) in [6.45, 7) is 2.03. The van der Waals surface area contributed by atoms with E-state index in [2.05, 4.69) is 17.7 Å². The smallest absolute Gasteiger partial charge is 0 e. The summed E-state index contributed by atoms with van der Waals surface area (Å²) in [6, 6.07) is 10.9. The van der Waals surface area contributed by atoms with Crippen molar-refractivity contribution >= 4 is 17.3 Å². The first-order valence-electron chi connectivity index (χ1n) is 2.72. The number of halogens is 1. The SMILES string of the molecule is Cc1[c-]cccc1.O=[C-]Cl.[Y]. The molecule has 0 amide bonds. The van der Waals surface area contributed by atoms with Crippen molar-refractivity contribution in [2.75, 3.05) is 0 Å². The van der Waals surface area contributed by atoms with Crippen LogP contribution < -0.4 is 0 Å². The molecule has 57 valence electrons. The first-order chi connectivity index (χ1) is 4.81. The summed E-state index contributed by atoms with van der Waals surface area (Å²) < 4.78 is 0. The van der Waals surface area contributed by atoms with Crippen molar-refractivity contribution in [3.8, 4) is 0 Å². The van der Waals surface area contributed by atoms with Gasteiger partial charge in [-0.05, 0) is 0 Å². The fourth-order valence-electron chi connectivity index (χ4n) is 0.483. The molecule has 1 rings (SSSR count). The van der Waals surface area contributed by atoms with E-state index in [-0.39, 0.29) is 32.7 Å². The summed E-state index contributed by atoms with van der Waals surface area (Å²) in [4.78, 5) is 8.45. The molecule has 1 aromatic rings. The minimum atomic E-state index is 0. The maximum Gasteiger partial charge on any atom is 0 e. The van der Waals surface area contributed by atoms with E-state index < -0.39 is 0 Å². The Morgan fingerprint density at radius 2 is 2.09 bits per heavy atom. The van der Waals surface area contributed by atoms with Crippen LogP contribution in [0.2, 0.25) is 0 Å². The zero-order valence-electron chi connectivity index (χ0n) is 6.17. The van der Waals surface area contributed by atoms with Crippen LogP contribution in [0.1, 0.15) is 5.56 Å². The predicted octanol–water partition coefficient (Wildman–Crippen LogP) is 2.09. The minimum absolute atomic E-state index is 0. The average molecular weight is 244 g/mol. The summed E-state index contributed by atoms with van der Waals surface area (Å²) in [5.41, 5.74) is 1.20. The van der Waals surface area contributed by atoms with Crippen LogP contribution in [0.15, 0.2) is 24.3 Å². The molecule has 0 unspecified atom stereocenters. The molecule has 1 radical (unpaired) electrons. The van der Waals surface area contributed by atoms with Crippen LogP contribution in [-0.4, -0.2) is 5.75 Å². The molecule has 0 aromatic heterocycles. The van der Waals surface area contributed by atoms with Gasteiger partial charge < -0.3 is 16.4 Å². The van der Waals surface area contributed by atoms with E-state index in [0.29, 0.717) is 0 Å². The van der Waals surface area contributed by atoms with Crippen LogP contribution in [0, 0.1) is 13.0 Å². The van der Waals surface area contributed by atoms with Crippen molar-refractivity contribution in [3.05, 3.63) is 35.9 Å². The number of rotatable bonds is 0. The van der Waals surface area contributed by atoms with Gasteiger partial charge in [-0.3, -0.25) is 0 Å². The molecule has 0 heterocycles. The third-order valence-corrected chi connectivity index (χ3v) is 0.865. The van der Waals surface area contributed by atoms with Gasteiger partial charge in [-0.15, -0.1) is 0 Å². The number of carbonyl (C=O) groups excluding carboxylic acids is 1. The van der Waals surface area contributed by atoms with Crippen molar-refractivity contribution < 1.29 is 37.5 Å². The fraction of sp³-hybridized carbons (Fsp3) is 0.125. The van der Waals surface area contributed by atoms with Crippen LogP contribution in [0.3, 0.4) is 0 Å². The van der Waals surface area contributed by atoms with E-state index in [1.54, 1.807) is 0 Å². The maximum absolute atomic E-state index is 8.45. The Labute approximate surface area is 97.0 Å². The second kappa shape index (κ2) is 10.3. The van der Waals surface area contributed by atoms with E-state index in [1.165, 1.54) is 5.56 Å². The van der Waals surface area contributed by atoms with Crippen LogP contribution >= 0.6 is 11.6 Å². The molecule has 0 N–H and O–H groups in total. The second-order valence-electron chi connectivity index (χ2n) is 1.62. The van der Waals surface area contributed by atoms with E-state index >= 15 is 0 Å². The van der Waals surface area contributed by atoms with Gasteiger partial charge in [0.25, 0.3) is 0 Å². The summed E-state index contributed by atoms with van der Waals surface area (Å²) in [5, 5.41) is 0. The van der Waals surface area contributed by atoms with E-state index in [0.717, 1.165) is 5.75 Å². The zero-order chi connectivity index (χ0) is 7.82. The summed E-state index contributed by atoms with van der Waals surface area (Å²) in [7, 11) is 0. The van der Waals surface area contributed by atoms with Crippen molar-refractivity contribution in [3.63, 3.8) is 0 Å². The van der Waals surface area contributed by atoms with Gasteiger partial charge in [0.15, 0.2) is 0 Å². The molecular weight excluding hydrogens is 236 g/mol. The number of hydrogen-bond acceptors (Lipinski definition) is 1. The van der Waals surface area contributed by atoms with Gasteiger partial charge in [-0.2, -0.15) is 41.6 Å². The van der Waals surface area contributed by atoms with Gasteiger partial charge in [0.1, 0.15) is 0 Å². The molecule has 0 aliphatic rings. The Balaban J connectivity index is 0. The van der Waals surface area contributed by atoms with Gasteiger partial charge in [0.05, 0.1) is 0 Å². The molecule has 11 heavy (non-hydrogen) atoms. The van der Waals surface area contributed by atoms with Crippen molar-refractivity contribution in [1.82, 2.24) is 0 Å². The van der Waals surface area contributed by atoms with Crippen LogP contribution in [0.4, 0.5) is 0 Å². The standard InChI is InChI=1S/C7H7.CClO.Y/c1-7-5-3-2-4-6-7;2-1-3;/h2-5H,1H3;;/q2*-1;. The third-order valence-electron chi connectivity index (χ3n) is 0.865. The Bertz CT molecular complexity index is 177.